The third-order valence-electron chi connectivity index (χ3n) is 3.22. The first-order chi connectivity index (χ1) is 10.1. The van der Waals surface area contributed by atoms with Gasteiger partial charge in [0.15, 0.2) is 5.16 Å². The van der Waals surface area contributed by atoms with E-state index in [-0.39, 0.29) is 0 Å². The molecule has 0 atom stereocenters. The normalized spacial score (nSPS) is 11.0. The van der Waals surface area contributed by atoms with Crippen molar-refractivity contribution in [1.29, 1.82) is 0 Å². The van der Waals surface area contributed by atoms with Crippen LogP contribution >= 0.6 is 11.8 Å². The Morgan fingerprint density at radius 2 is 2.10 bits per heavy atom. The summed E-state index contributed by atoms with van der Waals surface area (Å²) in [7, 11) is 1.65. The van der Waals surface area contributed by atoms with E-state index >= 15 is 0 Å². The maximum Gasteiger partial charge on any atom is 0.166 e. The lowest BCUT2D eigenvalue weighted by Crippen LogP contribution is -1.91. The predicted molar refractivity (Wildman–Crippen MR) is 87.8 cm³/mol. The fourth-order valence-electron chi connectivity index (χ4n) is 2.21. The Morgan fingerprint density at radius 1 is 1.24 bits per heavy atom. The van der Waals surface area contributed by atoms with Crippen LogP contribution in [0.15, 0.2) is 41.6 Å². The van der Waals surface area contributed by atoms with Crippen LogP contribution in [0.3, 0.4) is 0 Å². The van der Waals surface area contributed by atoms with E-state index in [1.165, 1.54) is 5.56 Å². The summed E-state index contributed by atoms with van der Waals surface area (Å²) in [6.07, 6.45) is 0. The molecule has 3 N–H and O–H groups in total. The van der Waals surface area contributed by atoms with Gasteiger partial charge in [-0.2, -0.15) is 0 Å². The van der Waals surface area contributed by atoms with E-state index in [0.717, 1.165) is 33.3 Å². The van der Waals surface area contributed by atoms with Crippen LogP contribution in [0.4, 0.5) is 5.69 Å². The second-order valence-electron chi connectivity index (χ2n) is 4.97. The first-order valence-corrected chi connectivity index (χ1v) is 7.65. The molecular weight excluding hydrogens is 282 g/mol. The molecule has 0 unspecified atom stereocenters. The van der Waals surface area contributed by atoms with Gasteiger partial charge in [-0.1, -0.05) is 17.8 Å². The SMILES string of the molecule is COc1cc(N)cc(CSc2nc3ccc(C)cc3[nH]2)c1. The van der Waals surface area contributed by atoms with Gasteiger partial charge in [-0.15, -0.1) is 0 Å². The Bertz CT molecular complexity index is 782. The summed E-state index contributed by atoms with van der Waals surface area (Å²) in [6, 6.07) is 12.0. The number of nitrogen functional groups attached to an aromatic ring is 1. The monoisotopic (exact) mass is 299 g/mol. The number of aryl methyl sites for hydroxylation is 1. The molecule has 1 aromatic heterocycles. The van der Waals surface area contributed by atoms with Crippen LogP contribution in [0.25, 0.3) is 11.0 Å². The molecule has 108 valence electrons. The molecule has 0 amide bonds. The van der Waals surface area contributed by atoms with Gasteiger partial charge in [0, 0.05) is 17.5 Å². The minimum absolute atomic E-state index is 0.713. The number of imidazole rings is 1. The van der Waals surface area contributed by atoms with E-state index in [9.17, 15) is 0 Å². The molecule has 3 rings (SSSR count). The molecule has 0 bridgehead atoms. The Morgan fingerprint density at radius 3 is 2.90 bits per heavy atom. The lowest BCUT2D eigenvalue weighted by atomic mass is 10.2. The Balaban J connectivity index is 1.78. The minimum atomic E-state index is 0.713. The summed E-state index contributed by atoms with van der Waals surface area (Å²) in [5.41, 5.74) is 11.0. The fraction of sp³-hybridized carbons (Fsp3) is 0.188. The molecular formula is C16H17N3OS. The Kier molecular flexibility index (Phi) is 3.75. The molecule has 21 heavy (non-hydrogen) atoms. The van der Waals surface area contributed by atoms with Gasteiger partial charge >= 0.3 is 0 Å². The number of rotatable bonds is 4. The second-order valence-corrected chi connectivity index (χ2v) is 5.93. The average Bonchev–Trinajstić information content (AvgIpc) is 2.86. The number of hydrogen-bond donors (Lipinski definition) is 2. The van der Waals surface area contributed by atoms with Crippen LogP contribution in [0, 0.1) is 6.92 Å². The molecule has 1 heterocycles. The van der Waals surface area contributed by atoms with E-state index < -0.39 is 0 Å². The van der Waals surface area contributed by atoms with Gasteiger partial charge in [-0.3, -0.25) is 0 Å². The number of nitrogens with one attached hydrogen (secondary N) is 1. The average molecular weight is 299 g/mol. The molecule has 0 saturated heterocycles. The maximum atomic E-state index is 5.87. The molecule has 5 heteroatoms. The van der Waals surface area contributed by atoms with Crippen molar-refractivity contribution in [3.05, 3.63) is 47.5 Å². The van der Waals surface area contributed by atoms with Crippen molar-refractivity contribution >= 4 is 28.5 Å². The number of hydrogen-bond acceptors (Lipinski definition) is 4. The lowest BCUT2D eigenvalue weighted by molar-refractivity contribution is 0.414. The van der Waals surface area contributed by atoms with Crippen LogP contribution in [0.2, 0.25) is 0 Å². The largest absolute Gasteiger partial charge is 0.497 e. The van der Waals surface area contributed by atoms with Gasteiger partial charge < -0.3 is 15.5 Å². The topological polar surface area (TPSA) is 63.9 Å². The molecule has 2 aromatic carbocycles. The number of aromatic nitrogens is 2. The third kappa shape index (κ3) is 3.13. The third-order valence-corrected chi connectivity index (χ3v) is 4.16. The molecule has 4 nitrogen and oxygen atoms in total. The van der Waals surface area contributed by atoms with Crippen LogP contribution < -0.4 is 10.5 Å². The first kappa shape index (κ1) is 13.8. The Labute approximate surface area is 127 Å². The molecule has 0 saturated carbocycles. The summed E-state index contributed by atoms with van der Waals surface area (Å²) in [5, 5.41) is 0.914. The van der Waals surface area contributed by atoms with E-state index in [4.69, 9.17) is 10.5 Å². The highest BCUT2D eigenvalue weighted by Gasteiger charge is 2.05. The number of anilines is 1. The van der Waals surface area contributed by atoms with Gasteiger partial charge in [0.05, 0.1) is 18.1 Å². The quantitative estimate of drug-likeness (QED) is 0.569. The van der Waals surface area contributed by atoms with Crippen LogP contribution in [0.5, 0.6) is 5.75 Å². The summed E-state index contributed by atoms with van der Waals surface area (Å²) in [5.74, 6) is 1.58. The summed E-state index contributed by atoms with van der Waals surface area (Å²) in [6.45, 7) is 2.08. The van der Waals surface area contributed by atoms with Gasteiger partial charge in [0.25, 0.3) is 0 Å². The van der Waals surface area contributed by atoms with Crippen LogP contribution in [-0.4, -0.2) is 17.1 Å². The van der Waals surface area contributed by atoms with Gasteiger partial charge in [0.1, 0.15) is 5.75 Å². The first-order valence-electron chi connectivity index (χ1n) is 6.66. The number of aromatic amines is 1. The number of methoxy groups -OCH3 is 1. The van der Waals surface area contributed by atoms with Crippen LogP contribution in [0.1, 0.15) is 11.1 Å². The van der Waals surface area contributed by atoms with Crippen molar-refractivity contribution in [2.24, 2.45) is 0 Å². The lowest BCUT2D eigenvalue weighted by Gasteiger charge is -2.05. The molecule has 0 aliphatic rings. The smallest absolute Gasteiger partial charge is 0.166 e. The maximum absolute atomic E-state index is 5.87. The highest BCUT2D eigenvalue weighted by Crippen LogP contribution is 2.26. The number of thioether (sulfide) groups is 1. The highest BCUT2D eigenvalue weighted by molar-refractivity contribution is 7.98. The van der Waals surface area contributed by atoms with Crippen molar-refractivity contribution in [2.75, 3.05) is 12.8 Å². The van der Waals surface area contributed by atoms with Crippen molar-refractivity contribution in [3.63, 3.8) is 0 Å². The number of nitrogens with two attached hydrogens (primary N) is 1. The van der Waals surface area contributed by atoms with Gasteiger partial charge in [-0.25, -0.2) is 4.98 Å². The fourth-order valence-corrected chi connectivity index (χ4v) is 3.02. The highest BCUT2D eigenvalue weighted by atomic mass is 32.2. The number of ether oxygens (including phenoxy) is 1. The molecule has 0 spiro atoms. The molecule has 0 fully saturated rings. The number of benzene rings is 2. The van der Waals surface area contributed by atoms with E-state index in [1.807, 2.05) is 24.3 Å². The van der Waals surface area contributed by atoms with Gasteiger partial charge in [0.2, 0.25) is 0 Å². The zero-order chi connectivity index (χ0) is 14.8. The van der Waals surface area contributed by atoms with Crippen molar-refractivity contribution in [1.82, 2.24) is 9.97 Å². The summed E-state index contributed by atoms with van der Waals surface area (Å²) < 4.78 is 5.24. The molecule has 0 radical (unpaired) electrons. The zero-order valence-corrected chi connectivity index (χ0v) is 12.8. The second kappa shape index (κ2) is 5.69. The number of fused-ring (bicyclic) bond motifs is 1. The Hall–Kier alpha value is -2.14. The van der Waals surface area contributed by atoms with E-state index in [0.29, 0.717) is 5.69 Å². The predicted octanol–water partition coefficient (Wildman–Crippen LogP) is 3.75. The summed E-state index contributed by atoms with van der Waals surface area (Å²) in [4.78, 5) is 7.92. The molecule has 0 aliphatic carbocycles. The van der Waals surface area contributed by atoms with Crippen molar-refractivity contribution < 1.29 is 4.74 Å². The van der Waals surface area contributed by atoms with Crippen LogP contribution in [-0.2, 0) is 5.75 Å². The number of nitrogens with zero attached hydrogens (tertiary/aromatic N) is 1. The van der Waals surface area contributed by atoms with Crippen molar-refractivity contribution in [2.45, 2.75) is 17.8 Å². The zero-order valence-electron chi connectivity index (χ0n) is 12.0. The molecule has 3 aromatic rings. The van der Waals surface area contributed by atoms with E-state index in [2.05, 4.69) is 29.0 Å². The van der Waals surface area contributed by atoms with E-state index in [1.54, 1.807) is 18.9 Å². The molecule has 0 aliphatic heterocycles. The minimum Gasteiger partial charge on any atom is -0.497 e. The van der Waals surface area contributed by atoms with Gasteiger partial charge in [-0.05, 0) is 42.3 Å². The van der Waals surface area contributed by atoms with Crippen molar-refractivity contribution in [3.8, 4) is 5.75 Å². The standard InChI is InChI=1S/C16H17N3OS/c1-10-3-4-14-15(5-10)19-16(18-14)21-9-11-6-12(17)8-13(7-11)20-2/h3-8H,9,17H2,1-2H3,(H,18,19). The summed E-state index contributed by atoms with van der Waals surface area (Å²) >= 11 is 1.66. The number of H-pyrrole nitrogens is 1.